The summed E-state index contributed by atoms with van der Waals surface area (Å²) in [5.41, 5.74) is 1.61. The van der Waals surface area contributed by atoms with Crippen molar-refractivity contribution in [3.05, 3.63) is 82.4 Å². The number of amides is 1. The minimum atomic E-state index is -0.387. The van der Waals surface area contributed by atoms with Gasteiger partial charge in [0, 0.05) is 11.4 Å². The van der Waals surface area contributed by atoms with E-state index in [-0.39, 0.29) is 11.7 Å². The van der Waals surface area contributed by atoms with Gasteiger partial charge in [-0.25, -0.2) is 4.98 Å². The molecular formula is C19H13ClN2O3S. The molecule has 4 aromatic rings. The lowest BCUT2D eigenvalue weighted by atomic mass is 10.1. The van der Waals surface area contributed by atoms with Crippen LogP contribution in [0.4, 0.5) is 5.88 Å². The van der Waals surface area contributed by atoms with Crippen LogP contribution in [-0.2, 0) is 6.42 Å². The lowest BCUT2D eigenvalue weighted by Crippen LogP contribution is -2.10. The van der Waals surface area contributed by atoms with Gasteiger partial charge in [0.25, 0.3) is 5.91 Å². The van der Waals surface area contributed by atoms with Gasteiger partial charge in [-0.3, -0.25) is 10.1 Å². The Morgan fingerprint density at radius 2 is 2.00 bits per heavy atom. The van der Waals surface area contributed by atoms with Crippen LogP contribution in [0.15, 0.2) is 69.0 Å². The van der Waals surface area contributed by atoms with Gasteiger partial charge in [-0.1, -0.05) is 29.8 Å². The molecule has 1 amide bonds. The Bertz CT molecular complexity index is 1010. The van der Waals surface area contributed by atoms with Crippen LogP contribution in [0.1, 0.15) is 22.0 Å². The van der Waals surface area contributed by atoms with Crippen LogP contribution in [0.5, 0.6) is 0 Å². The monoisotopic (exact) mass is 384 g/mol. The summed E-state index contributed by atoms with van der Waals surface area (Å²) in [5, 5.41) is 5.36. The average molecular weight is 385 g/mol. The van der Waals surface area contributed by atoms with E-state index in [4.69, 9.17) is 20.4 Å². The van der Waals surface area contributed by atoms with E-state index in [0.29, 0.717) is 28.9 Å². The average Bonchev–Trinajstić information content (AvgIpc) is 3.38. The van der Waals surface area contributed by atoms with E-state index in [1.165, 1.54) is 17.6 Å². The molecule has 1 N–H and O–H groups in total. The van der Waals surface area contributed by atoms with Gasteiger partial charge in [0.15, 0.2) is 5.76 Å². The van der Waals surface area contributed by atoms with Crippen LogP contribution in [0, 0.1) is 0 Å². The van der Waals surface area contributed by atoms with Crippen molar-refractivity contribution in [1.29, 1.82) is 0 Å². The van der Waals surface area contributed by atoms with Crippen LogP contribution >= 0.6 is 22.9 Å². The third-order valence-corrected chi connectivity index (χ3v) is 4.80. The number of rotatable bonds is 5. The highest BCUT2D eigenvalue weighted by Crippen LogP contribution is 2.33. The van der Waals surface area contributed by atoms with Crippen LogP contribution in [0.3, 0.4) is 0 Å². The molecule has 3 heterocycles. The van der Waals surface area contributed by atoms with Gasteiger partial charge in [-0.05, 0) is 41.3 Å². The Hall–Kier alpha value is -2.83. The quantitative estimate of drug-likeness (QED) is 0.493. The van der Waals surface area contributed by atoms with Crippen LogP contribution < -0.4 is 5.32 Å². The Morgan fingerprint density at radius 3 is 2.69 bits per heavy atom. The van der Waals surface area contributed by atoms with E-state index in [2.05, 4.69) is 10.3 Å². The van der Waals surface area contributed by atoms with Crippen molar-refractivity contribution in [3.63, 3.8) is 0 Å². The second-order valence-electron chi connectivity index (χ2n) is 5.50. The molecule has 0 aliphatic heterocycles. The molecule has 0 saturated carbocycles. The largest absolute Gasteiger partial charge is 0.459 e. The van der Waals surface area contributed by atoms with Gasteiger partial charge in [0.1, 0.15) is 5.69 Å². The summed E-state index contributed by atoms with van der Waals surface area (Å²) in [6.45, 7) is 0. The maximum absolute atomic E-state index is 12.3. The normalized spacial score (nSPS) is 10.8. The van der Waals surface area contributed by atoms with Crippen LogP contribution in [0.2, 0.25) is 5.02 Å². The van der Waals surface area contributed by atoms with Gasteiger partial charge in [-0.15, -0.1) is 11.3 Å². The lowest BCUT2D eigenvalue weighted by Gasteiger charge is -2.00. The molecule has 1 aromatic carbocycles. The van der Waals surface area contributed by atoms with Gasteiger partial charge < -0.3 is 8.83 Å². The number of benzene rings is 1. The second kappa shape index (κ2) is 7.19. The second-order valence-corrected chi connectivity index (χ2v) is 6.88. The minimum absolute atomic E-state index is 0.206. The van der Waals surface area contributed by atoms with E-state index in [1.54, 1.807) is 12.1 Å². The Labute approximate surface area is 158 Å². The number of furan rings is 1. The van der Waals surface area contributed by atoms with Gasteiger partial charge >= 0.3 is 0 Å². The summed E-state index contributed by atoms with van der Waals surface area (Å²) in [6, 6.07) is 14.6. The predicted molar refractivity (Wildman–Crippen MR) is 101 cm³/mol. The number of carbonyl (C=O) groups is 1. The third-order valence-electron chi connectivity index (χ3n) is 3.67. The van der Waals surface area contributed by atoms with Crippen molar-refractivity contribution in [2.45, 2.75) is 6.42 Å². The van der Waals surface area contributed by atoms with Crippen molar-refractivity contribution in [2.75, 3.05) is 5.32 Å². The first-order valence-electron chi connectivity index (χ1n) is 7.82. The molecule has 0 spiro atoms. The standard InChI is InChI=1S/C19H13ClN2O3S/c20-13-7-5-12(6-8-13)11-16-21-17(15-4-2-10-26-15)19(25-16)22-18(23)14-3-1-9-24-14/h1-10H,11H2,(H,22,23). The summed E-state index contributed by atoms with van der Waals surface area (Å²) in [7, 11) is 0. The molecule has 0 fully saturated rings. The molecule has 26 heavy (non-hydrogen) atoms. The van der Waals surface area contributed by atoms with E-state index < -0.39 is 0 Å². The SMILES string of the molecule is O=C(Nc1oc(Cc2ccc(Cl)cc2)nc1-c1cccs1)c1ccco1. The fourth-order valence-corrected chi connectivity index (χ4v) is 3.29. The molecular weight excluding hydrogens is 372 g/mol. The molecule has 0 aliphatic rings. The maximum Gasteiger partial charge on any atom is 0.293 e. The number of hydrogen-bond donors (Lipinski definition) is 1. The van der Waals surface area contributed by atoms with Crippen molar-refractivity contribution < 1.29 is 13.6 Å². The first-order chi connectivity index (χ1) is 12.7. The summed E-state index contributed by atoms with van der Waals surface area (Å²) in [6.07, 6.45) is 1.94. The molecule has 0 bridgehead atoms. The fourth-order valence-electron chi connectivity index (χ4n) is 2.45. The predicted octanol–water partition coefficient (Wildman–Crippen LogP) is 5.49. The molecule has 7 heteroatoms. The summed E-state index contributed by atoms with van der Waals surface area (Å²) < 4.78 is 11.0. The van der Waals surface area contributed by atoms with Crippen molar-refractivity contribution in [2.24, 2.45) is 0 Å². The topological polar surface area (TPSA) is 68.3 Å². The van der Waals surface area contributed by atoms with E-state index in [0.717, 1.165) is 10.4 Å². The number of nitrogens with one attached hydrogen (secondary N) is 1. The number of nitrogens with zero attached hydrogens (tertiary/aromatic N) is 1. The minimum Gasteiger partial charge on any atom is -0.459 e. The summed E-state index contributed by atoms with van der Waals surface area (Å²) in [5.74, 6) is 0.628. The summed E-state index contributed by atoms with van der Waals surface area (Å²) in [4.78, 5) is 17.8. The van der Waals surface area contributed by atoms with Crippen molar-refractivity contribution in [1.82, 2.24) is 4.98 Å². The van der Waals surface area contributed by atoms with Crippen molar-refractivity contribution >= 4 is 34.7 Å². The highest BCUT2D eigenvalue weighted by Gasteiger charge is 2.20. The fraction of sp³-hybridized carbons (Fsp3) is 0.0526. The van der Waals surface area contributed by atoms with Gasteiger partial charge in [0.05, 0.1) is 11.1 Å². The Morgan fingerprint density at radius 1 is 1.15 bits per heavy atom. The van der Waals surface area contributed by atoms with E-state index in [9.17, 15) is 4.79 Å². The maximum atomic E-state index is 12.3. The van der Waals surface area contributed by atoms with Gasteiger partial charge in [0.2, 0.25) is 11.8 Å². The number of hydrogen-bond acceptors (Lipinski definition) is 5. The van der Waals surface area contributed by atoms with Gasteiger partial charge in [-0.2, -0.15) is 0 Å². The van der Waals surface area contributed by atoms with Crippen LogP contribution in [0.25, 0.3) is 10.6 Å². The molecule has 0 radical (unpaired) electrons. The highest BCUT2D eigenvalue weighted by atomic mass is 35.5. The molecule has 3 aromatic heterocycles. The molecule has 4 rings (SSSR count). The lowest BCUT2D eigenvalue weighted by molar-refractivity contribution is 0.0994. The molecule has 130 valence electrons. The number of anilines is 1. The number of oxazole rings is 1. The Balaban J connectivity index is 1.64. The number of carbonyl (C=O) groups excluding carboxylic acids is 1. The zero-order valence-electron chi connectivity index (χ0n) is 13.4. The Kier molecular flexibility index (Phi) is 4.60. The summed E-state index contributed by atoms with van der Waals surface area (Å²) >= 11 is 7.45. The molecule has 0 unspecified atom stereocenters. The molecule has 0 saturated heterocycles. The number of aromatic nitrogens is 1. The molecule has 0 atom stereocenters. The smallest absolute Gasteiger partial charge is 0.293 e. The molecule has 5 nitrogen and oxygen atoms in total. The van der Waals surface area contributed by atoms with Crippen molar-refractivity contribution in [3.8, 4) is 10.6 Å². The van der Waals surface area contributed by atoms with E-state index >= 15 is 0 Å². The first kappa shape index (κ1) is 16.6. The zero-order valence-corrected chi connectivity index (χ0v) is 15.0. The van der Waals surface area contributed by atoms with E-state index in [1.807, 2.05) is 41.8 Å². The first-order valence-corrected chi connectivity index (χ1v) is 9.07. The number of thiophene rings is 1. The highest BCUT2D eigenvalue weighted by molar-refractivity contribution is 7.13. The van der Waals surface area contributed by atoms with Crippen LogP contribution in [-0.4, -0.2) is 10.9 Å². The third kappa shape index (κ3) is 3.56. The number of halogens is 1. The zero-order chi connectivity index (χ0) is 17.9. The molecule has 0 aliphatic carbocycles.